The molecule has 2 aromatic carbocycles. The molecule has 0 amide bonds. The minimum Gasteiger partial charge on any atom is -0.399 e. The number of piperidine rings is 1. The van der Waals surface area contributed by atoms with Crippen molar-refractivity contribution in [2.75, 3.05) is 0 Å². The van der Waals surface area contributed by atoms with Crippen LogP contribution in [0, 0.1) is 0 Å². The summed E-state index contributed by atoms with van der Waals surface area (Å²) in [4.78, 5) is 6.57. The Kier molecular flexibility index (Phi) is 5.58. The maximum absolute atomic E-state index is 6.57. The average Bonchev–Trinajstić information content (AvgIpc) is 2.86. The smallest absolute Gasteiger partial charge is 0.399 e. The van der Waals surface area contributed by atoms with Crippen LogP contribution in [0.2, 0.25) is 0 Å². The van der Waals surface area contributed by atoms with Gasteiger partial charge in [-0.2, -0.15) is 5.06 Å². The van der Waals surface area contributed by atoms with E-state index in [1.807, 2.05) is 0 Å². The Bertz CT molecular complexity index is 934. The van der Waals surface area contributed by atoms with E-state index in [1.54, 1.807) is 0 Å². The standard InChI is InChI=1S/C26H38BNO3/c1-23(2)16-11-17-24(3,4)28(23)29-18-20-15-14-19-12-9-10-13-21(19)22(20)27-30-25(5,6)26(7,8)31-27/h9-10,12-15H,11,16-18H2,1-8H3. The van der Waals surface area contributed by atoms with Crippen molar-refractivity contribution in [3.8, 4) is 0 Å². The second-order valence-corrected chi connectivity index (χ2v) is 11.5. The molecule has 168 valence electrons. The molecule has 0 unspecified atom stereocenters. The lowest BCUT2D eigenvalue weighted by Gasteiger charge is -2.51. The van der Waals surface area contributed by atoms with Gasteiger partial charge in [-0.3, -0.25) is 4.84 Å². The van der Waals surface area contributed by atoms with Crippen LogP contribution in [0.3, 0.4) is 0 Å². The molecular weight excluding hydrogens is 385 g/mol. The van der Waals surface area contributed by atoms with E-state index in [4.69, 9.17) is 14.1 Å². The first-order valence-electron chi connectivity index (χ1n) is 11.6. The molecule has 0 N–H and O–H groups in total. The first-order valence-corrected chi connectivity index (χ1v) is 11.6. The van der Waals surface area contributed by atoms with Crippen LogP contribution in [0.4, 0.5) is 0 Å². The van der Waals surface area contributed by atoms with E-state index in [2.05, 4.69) is 96.9 Å². The highest BCUT2D eigenvalue weighted by molar-refractivity contribution is 6.65. The number of benzene rings is 2. The zero-order chi connectivity index (χ0) is 22.7. The molecular formula is C26H38BNO3. The van der Waals surface area contributed by atoms with Crippen molar-refractivity contribution < 1.29 is 14.1 Å². The number of nitrogens with zero attached hydrogens (tertiary/aromatic N) is 1. The van der Waals surface area contributed by atoms with Gasteiger partial charge in [0.15, 0.2) is 0 Å². The normalized spacial score (nSPS) is 24.6. The second kappa shape index (κ2) is 7.59. The van der Waals surface area contributed by atoms with Crippen LogP contribution in [0.15, 0.2) is 36.4 Å². The molecule has 0 radical (unpaired) electrons. The van der Waals surface area contributed by atoms with E-state index in [9.17, 15) is 0 Å². The van der Waals surface area contributed by atoms with Gasteiger partial charge in [0, 0.05) is 11.1 Å². The topological polar surface area (TPSA) is 30.9 Å². The molecule has 2 heterocycles. The van der Waals surface area contributed by atoms with Gasteiger partial charge in [0.2, 0.25) is 0 Å². The van der Waals surface area contributed by atoms with Crippen LogP contribution in [-0.2, 0) is 20.8 Å². The summed E-state index contributed by atoms with van der Waals surface area (Å²) in [5.41, 5.74) is 1.44. The first-order chi connectivity index (χ1) is 14.3. The SMILES string of the molecule is CC1(C)CCCC(C)(C)N1OCc1ccc2ccccc2c1B1OC(C)(C)C(C)(C)O1. The van der Waals surface area contributed by atoms with Gasteiger partial charge >= 0.3 is 7.12 Å². The quantitative estimate of drug-likeness (QED) is 0.598. The summed E-state index contributed by atoms with van der Waals surface area (Å²) in [6.07, 6.45) is 3.51. The highest BCUT2D eigenvalue weighted by Crippen LogP contribution is 2.40. The van der Waals surface area contributed by atoms with E-state index in [0.717, 1.165) is 23.9 Å². The summed E-state index contributed by atoms with van der Waals surface area (Å²) < 4.78 is 13.0. The van der Waals surface area contributed by atoms with E-state index in [0.29, 0.717) is 6.61 Å². The Morgan fingerprint density at radius 1 is 0.839 bits per heavy atom. The summed E-state index contributed by atoms with van der Waals surface area (Å²) in [7, 11) is -0.419. The number of hydroxylamine groups is 2. The van der Waals surface area contributed by atoms with Crippen LogP contribution >= 0.6 is 0 Å². The zero-order valence-corrected chi connectivity index (χ0v) is 20.5. The third-order valence-corrected chi connectivity index (χ3v) is 7.58. The molecule has 0 bridgehead atoms. The molecule has 0 aliphatic carbocycles. The fourth-order valence-electron chi connectivity index (χ4n) is 5.17. The third-order valence-electron chi connectivity index (χ3n) is 7.58. The third kappa shape index (κ3) is 4.06. The number of rotatable bonds is 4. The van der Waals surface area contributed by atoms with Gasteiger partial charge in [0.05, 0.1) is 17.8 Å². The van der Waals surface area contributed by atoms with Crippen molar-refractivity contribution in [1.82, 2.24) is 5.06 Å². The monoisotopic (exact) mass is 423 g/mol. The maximum Gasteiger partial charge on any atom is 0.495 e. The number of hydrogen-bond acceptors (Lipinski definition) is 4. The summed E-state index contributed by atoms with van der Waals surface area (Å²) in [6.45, 7) is 18.0. The Morgan fingerprint density at radius 2 is 1.42 bits per heavy atom. The molecule has 0 saturated carbocycles. The fraction of sp³-hybridized carbons (Fsp3) is 0.615. The summed E-state index contributed by atoms with van der Waals surface area (Å²) in [6, 6.07) is 12.8. The fourth-order valence-corrected chi connectivity index (χ4v) is 5.17. The lowest BCUT2D eigenvalue weighted by molar-refractivity contribution is -0.287. The Morgan fingerprint density at radius 3 is 2.03 bits per heavy atom. The summed E-state index contributed by atoms with van der Waals surface area (Å²) in [5.74, 6) is 0. The summed E-state index contributed by atoms with van der Waals surface area (Å²) >= 11 is 0. The van der Waals surface area contributed by atoms with Gasteiger partial charge in [-0.15, -0.1) is 0 Å². The van der Waals surface area contributed by atoms with E-state index < -0.39 is 7.12 Å². The average molecular weight is 423 g/mol. The predicted octanol–water partition coefficient (Wildman–Crippen LogP) is 5.61. The number of hydrogen-bond donors (Lipinski definition) is 0. The van der Waals surface area contributed by atoms with Crippen molar-refractivity contribution in [1.29, 1.82) is 0 Å². The molecule has 0 atom stereocenters. The van der Waals surface area contributed by atoms with E-state index >= 15 is 0 Å². The first kappa shape index (κ1) is 22.8. The van der Waals surface area contributed by atoms with Crippen molar-refractivity contribution in [3.05, 3.63) is 42.0 Å². The van der Waals surface area contributed by atoms with Crippen molar-refractivity contribution in [2.24, 2.45) is 0 Å². The molecule has 2 aliphatic heterocycles. The molecule has 2 fully saturated rings. The second-order valence-electron chi connectivity index (χ2n) is 11.5. The van der Waals surface area contributed by atoms with Crippen molar-refractivity contribution in [3.63, 3.8) is 0 Å². The molecule has 31 heavy (non-hydrogen) atoms. The summed E-state index contributed by atoms with van der Waals surface area (Å²) in [5, 5.41) is 4.58. The van der Waals surface area contributed by atoms with Crippen molar-refractivity contribution in [2.45, 2.75) is 104 Å². The molecule has 2 aromatic rings. The molecule has 2 saturated heterocycles. The lowest BCUT2D eigenvalue weighted by atomic mass is 9.73. The van der Waals surface area contributed by atoms with Gasteiger partial charge in [-0.05, 0) is 96.5 Å². The molecule has 0 aromatic heterocycles. The van der Waals surface area contributed by atoms with Crippen LogP contribution in [0.5, 0.6) is 0 Å². The Labute approximate surface area is 188 Å². The van der Waals surface area contributed by atoms with Gasteiger partial charge in [-0.1, -0.05) is 36.4 Å². The van der Waals surface area contributed by atoms with Gasteiger partial charge in [0.1, 0.15) is 0 Å². The molecule has 2 aliphatic rings. The van der Waals surface area contributed by atoms with Gasteiger partial charge in [-0.25, -0.2) is 0 Å². The van der Waals surface area contributed by atoms with Crippen LogP contribution in [0.1, 0.15) is 80.2 Å². The Balaban J connectivity index is 1.71. The van der Waals surface area contributed by atoms with Crippen LogP contribution in [0.25, 0.3) is 10.8 Å². The highest BCUT2D eigenvalue weighted by atomic mass is 16.7. The van der Waals surface area contributed by atoms with E-state index in [-0.39, 0.29) is 22.3 Å². The molecule has 0 spiro atoms. The molecule has 4 nitrogen and oxygen atoms in total. The lowest BCUT2D eigenvalue weighted by Crippen LogP contribution is -2.58. The van der Waals surface area contributed by atoms with E-state index in [1.165, 1.54) is 17.2 Å². The Hall–Kier alpha value is -1.40. The molecule has 5 heteroatoms. The minimum atomic E-state index is -0.419. The van der Waals surface area contributed by atoms with Crippen molar-refractivity contribution >= 4 is 23.4 Å². The predicted molar refractivity (Wildman–Crippen MR) is 128 cm³/mol. The highest BCUT2D eigenvalue weighted by Gasteiger charge is 2.52. The molecule has 4 rings (SSSR count). The maximum atomic E-state index is 6.57. The zero-order valence-electron chi connectivity index (χ0n) is 20.5. The van der Waals surface area contributed by atoms with Gasteiger partial charge < -0.3 is 9.31 Å². The van der Waals surface area contributed by atoms with Crippen LogP contribution < -0.4 is 5.46 Å². The number of fused-ring (bicyclic) bond motifs is 1. The largest absolute Gasteiger partial charge is 0.495 e. The van der Waals surface area contributed by atoms with Gasteiger partial charge in [0.25, 0.3) is 0 Å². The minimum absolute atomic E-state index is 0.00308. The van der Waals surface area contributed by atoms with Crippen LogP contribution in [-0.4, -0.2) is 34.5 Å².